The van der Waals surface area contributed by atoms with E-state index in [1.807, 2.05) is 30.3 Å². The molecule has 2 aliphatic rings. The van der Waals surface area contributed by atoms with Gasteiger partial charge in [0.05, 0.1) is 13.2 Å². The lowest BCUT2D eigenvalue weighted by molar-refractivity contribution is -0.135. The number of aliphatic hydroxyl groups excluding tert-OH is 1. The van der Waals surface area contributed by atoms with Gasteiger partial charge in [-0.1, -0.05) is 18.2 Å². The van der Waals surface area contributed by atoms with Crippen LogP contribution in [0.25, 0.3) is 0 Å². The van der Waals surface area contributed by atoms with E-state index in [4.69, 9.17) is 24.5 Å². The van der Waals surface area contributed by atoms with Crippen molar-refractivity contribution in [1.29, 1.82) is 0 Å². The molecule has 8 heteroatoms. The van der Waals surface area contributed by atoms with Crippen LogP contribution in [-0.2, 0) is 9.59 Å². The highest BCUT2D eigenvalue weighted by molar-refractivity contribution is 5.63. The third-order valence-corrected chi connectivity index (χ3v) is 4.70. The summed E-state index contributed by atoms with van der Waals surface area (Å²) in [5.41, 5.74) is 0.111. The molecule has 158 valence electrons. The van der Waals surface area contributed by atoms with Crippen LogP contribution in [0, 0.1) is 11.3 Å². The largest absolute Gasteiger partial charge is 0.494 e. The molecule has 0 amide bonds. The van der Waals surface area contributed by atoms with Crippen molar-refractivity contribution < 1.29 is 29.6 Å². The van der Waals surface area contributed by atoms with Crippen LogP contribution >= 0.6 is 0 Å². The average Bonchev–Trinajstić information content (AvgIpc) is 3.16. The Morgan fingerprint density at radius 3 is 2.36 bits per heavy atom. The highest BCUT2D eigenvalue weighted by Crippen LogP contribution is 2.38. The van der Waals surface area contributed by atoms with Gasteiger partial charge >= 0.3 is 0 Å². The smallest absolute Gasteiger partial charge is 0.300 e. The van der Waals surface area contributed by atoms with Crippen molar-refractivity contribution in [2.75, 3.05) is 45.9 Å². The normalized spacial score (nSPS) is 22.9. The van der Waals surface area contributed by atoms with Gasteiger partial charge in [0.15, 0.2) is 0 Å². The third-order valence-electron chi connectivity index (χ3n) is 4.70. The minimum atomic E-state index is -0.833. The fourth-order valence-electron chi connectivity index (χ4n) is 3.52. The van der Waals surface area contributed by atoms with Gasteiger partial charge in [0.1, 0.15) is 5.75 Å². The SMILES string of the molecule is CC(=O)O.CC(=O)O.OCC12CNCC1CN(CCCOc1ccccc1)C2. The molecule has 0 aromatic heterocycles. The molecule has 0 aliphatic carbocycles. The quantitative estimate of drug-likeness (QED) is 0.529. The van der Waals surface area contributed by atoms with Crippen LogP contribution < -0.4 is 10.1 Å². The first-order valence-corrected chi connectivity index (χ1v) is 9.40. The van der Waals surface area contributed by atoms with E-state index in [1.54, 1.807) is 0 Å². The Bertz CT molecular complexity index is 578. The van der Waals surface area contributed by atoms with Crippen LogP contribution in [-0.4, -0.2) is 78.1 Å². The van der Waals surface area contributed by atoms with Crippen LogP contribution in [0.5, 0.6) is 5.75 Å². The van der Waals surface area contributed by atoms with E-state index >= 15 is 0 Å². The monoisotopic (exact) mass is 396 g/mol. The lowest BCUT2D eigenvalue weighted by Gasteiger charge is -2.25. The highest BCUT2D eigenvalue weighted by Gasteiger charge is 2.48. The number of rotatable bonds is 6. The standard InChI is InChI=1S/C16H24N2O2.2C2H4O2/c19-13-16-11-17-9-14(16)10-18(12-16)7-4-8-20-15-5-2-1-3-6-15;2*1-2(3)4/h1-3,5-6,14,17,19H,4,7-13H2;2*1H3,(H,3,4). The van der Waals surface area contributed by atoms with Crippen molar-refractivity contribution in [1.82, 2.24) is 10.2 Å². The second-order valence-corrected chi connectivity index (χ2v) is 7.14. The van der Waals surface area contributed by atoms with E-state index in [0.29, 0.717) is 12.5 Å². The van der Waals surface area contributed by atoms with Gasteiger partial charge in [0, 0.05) is 45.4 Å². The van der Waals surface area contributed by atoms with Crippen LogP contribution in [0.15, 0.2) is 30.3 Å². The summed E-state index contributed by atoms with van der Waals surface area (Å²) in [7, 11) is 0. The molecule has 2 unspecified atom stereocenters. The van der Waals surface area contributed by atoms with Gasteiger partial charge < -0.3 is 30.3 Å². The van der Waals surface area contributed by atoms with Crippen molar-refractivity contribution in [2.24, 2.45) is 11.3 Å². The van der Waals surface area contributed by atoms with Gasteiger partial charge in [-0.25, -0.2) is 0 Å². The Balaban J connectivity index is 0.000000420. The van der Waals surface area contributed by atoms with Crippen molar-refractivity contribution >= 4 is 11.9 Å². The predicted octanol–water partition coefficient (Wildman–Crippen LogP) is 1.15. The molecule has 0 bridgehead atoms. The number of aliphatic hydroxyl groups is 1. The number of carboxylic acid groups (broad SMARTS) is 2. The van der Waals surface area contributed by atoms with Gasteiger partial charge in [0.2, 0.25) is 0 Å². The Kier molecular flexibility index (Phi) is 10.5. The summed E-state index contributed by atoms with van der Waals surface area (Å²) in [6.07, 6.45) is 1.04. The Hall–Kier alpha value is -2.16. The molecule has 3 rings (SSSR count). The fraction of sp³-hybridized carbons (Fsp3) is 0.600. The van der Waals surface area contributed by atoms with Crippen LogP contribution in [0.4, 0.5) is 0 Å². The van der Waals surface area contributed by atoms with E-state index in [-0.39, 0.29) is 5.41 Å². The van der Waals surface area contributed by atoms with Crippen molar-refractivity contribution in [3.05, 3.63) is 30.3 Å². The fourth-order valence-corrected chi connectivity index (χ4v) is 3.52. The van der Waals surface area contributed by atoms with Gasteiger partial charge in [-0.3, -0.25) is 9.59 Å². The zero-order valence-corrected chi connectivity index (χ0v) is 16.6. The molecule has 2 heterocycles. The Labute approximate surface area is 166 Å². The first-order valence-electron chi connectivity index (χ1n) is 9.40. The minimum Gasteiger partial charge on any atom is -0.494 e. The van der Waals surface area contributed by atoms with Gasteiger partial charge in [-0.05, 0) is 31.0 Å². The van der Waals surface area contributed by atoms with Crippen LogP contribution in [0.2, 0.25) is 0 Å². The topological polar surface area (TPSA) is 119 Å². The summed E-state index contributed by atoms with van der Waals surface area (Å²) in [4.78, 5) is 20.5. The first kappa shape index (κ1) is 23.9. The van der Waals surface area contributed by atoms with Gasteiger partial charge in [-0.15, -0.1) is 0 Å². The number of hydrogen-bond donors (Lipinski definition) is 4. The molecule has 4 N–H and O–H groups in total. The summed E-state index contributed by atoms with van der Waals surface area (Å²) < 4.78 is 5.72. The average molecular weight is 396 g/mol. The lowest BCUT2D eigenvalue weighted by atomic mass is 9.82. The zero-order chi connectivity index (χ0) is 21.0. The molecular weight excluding hydrogens is 364 g/mol. The number of nitrogens with zero attached hydrogens (tertiary/aromatic N) is 1. The molecule has 0 saturated carbocycles. The Morgan fingerprint density at radius 1 is 1.21 bits per heavy atom. The molecule has 2 aliphatic heterocycles. The molecule has 1 aromatic carbocycles. The second-order valence-electron chi connectivity index (χ2n) is 7.14. The molecule has 28 heavy (non-hydrogen) atoms. The molecular formula is C20H32N2O6. The number of aliphatic carboxylic acids is 2. The number of carboxylic acids is 2. The molecule has 2 saturated heterocycles. The number of carbonyl (C=O) groups is 2. The van der Waals surface area contributed by atoms with E-state index in [9.17, 15) is 5.11 Å². The van der Waals surface area contributed by atoms with Crippen LogP contribution in [0.1, 0.15) is 20.3 Å². The summed E-state index contributed by atoms with van der Waals surface area (Å²) in [6.45, 7) is 8.44. The van der Waals surface area contributed by atoms with Crippen molar-refractivity contribution in [2.45, 2.75) is 20.3 Å². The van der Waals surface area contributed by atoms with Gasteiger partial charge in [0.25, 0.3) is 11.9 Å². The zero-order valence-electron chi connectivity index (χ0n) is 16.6. The predicted molar refractivity (Wildman–Crippen MR) is 105 cm³/mol. The molecule has 2 fully saturated rings. The number of fused-ring (bicyclic) bond motifs is 1. The van der Waals surface area contributed by atoms with Crippen molar-refractivity contribution in [3.8, 4) is 5.75 Å². The first-order chi connectivity index (χ1) is 13.3. The Morgan fingerprint density at radius 2 is 1.82 bits per heavy atom. The van der Waals surface area contributed by atoms with Gasteiger partial charge in [-0.2, -0.15) is 0 Å². The van der Waals surface area contributed by atoms with E-state index in [1.165, 1.54) is 0 Å². The summed E-state index contributed by atoms with van der Waals surface area (Å²) >= 11 is 0. The van der Waals surface area contributed by atoms with E-state index in [0.717, 1.165) is 65.3 Å². The number of para-hydroxylation sites is 1. The summed E-state index contributed by atoms with van der Waals surface area (Å²) in [6, 6.07) is 9.97. The van der Waals surface area contributed by atoms with Crippen molar-refractivity contribution in [3.63, 3.8) is 0 Å². The number of nitrogens with one attached hydrogen (secondary N) is 1. The van der Waals surface area contributed by atoms with E-state index < -0.39 is 11.9 Å². The number of ether oxygens (including phenoxy) is 1. The molecule has 0 radical (unpaired) electrons. The summed E-state index contributed by atoms with van der Waals surface area (Å²) in [5, 5.41) is 27.9. The highest BCUT2D eigenvalue weighted by atomic mass is 16.5. The number of hydrogen-bond acceptors (Lipinski definition) is 6. The lowest BCUT2D eigenvalue weighted by Crippen LogP contribution is -2.36. The molecule has 8 nitrogen and oxygen atoms in total. The third kappa shape index (κ3) is 8.69. The molecule has 0 spiro atoms. The summed E-state index contributed by atoms with van der Waals surface area (Å²) in [5.74, 6) is -0.107. The molecule has 1 aromatic rings. The second kappa shape index (κ2) is 12.3. The maximum absolute atomic E-state index is 9.67. The minimum absolute atomic E-state index is 0.111. The van der Waals surface area contributed by atoms with E-state index in [2.05, 4.69) is 10.2 Å². The number of likely N-dealkylation sites (tertiary alicyclic amines) is 1. The molecule has 2 atom stereocenters. The maximum Gasteiger partial charge on any atom is 0.300 e. The van der Waals surface area contributed by atoms with Crippen LogP contribution in [0.3, 0.4) is 0 Å². The number of benzene rings is 1. The maximum atomic E-state index is 9.67.